The third-order valence-corrected chi connectivity index (χ3v) is 5.15. The number of fused-ring (bicyclic) bond motifs is 1. The van der Waals surface area contributed by atoms with Crippen molar-refractivity contribution in [2.24, 2.45) is 0 Å². The van der Waals surface area contributed by atoms with Crippen LogP contribution in [0.25, 0.3) is 10.8 Å². The topological polar surface area (TPSA) is 54.5 Å². The Bertz CT molecular complexity index is 963. The molecule has 1 fully saturated rings. The minimum Gasteiger partial charge on any atom is -0.378 e. The second kappa shape index (κ2) is 8.40. The second-order valence-electron chi connectivity index (χ2n) is 7.13. The van der Waals surface area contributed by atoms with E-state index < -0.39 is 0 Å². The number of aromatic nitrogens is 1. The average molecular weight is 375 g/mol. The number of nitrogens with zero attached hydrogens (tertiary/aromatic N) is 2. The summed E-state index contributed by atoms with van der Waals surface area (Å²) in [5, 5.41) is 4.99. The number of nitrogens with one attached hydrogen (secondary N) is 1. The van der Waals surface area contributed by atoms with Gasteiger partial charge in [-0.1, -0.05) is 54.1 Å². The summed E-state index contributed by atoms with van der Waals surface area (Å²) in [6, 6.07) is 16.4. The van der Waals surface area contributed by atoms with Crippen molar-refractivity contribution in [3.05, 3.63) is 71.4 Å². The third kappa shape index (κ3) is 3.99. The lowest BCUT2D eigenvalue weighted by atomic mass is 10.1. The lowest BCUT2D eigenvalue weighted by molar-refractivity contribution is 0.0955. The Labute approximate surface area is 165 Å². The SMILES string of the molecule is Cc1ccc(CCNC(=O)c2cnc(N3CCOCC3)c3ccccc23)cc1. The van der Waals surface area contributed by atoms with Crippen LogP contribution >= 0.6 is 0 Å². The zero-order chi connectivity index (χ0) is 19.3. The van der Waals surface area contributed by atoms with Gasteiger partial charge in [-0.15, -0.1) is 0 Å². The highest BCUT2D eigenvalue weighted by molar-refractivity contribution is 6.09. The van der Waals surface area contributed by atoms with Crippen LogP contribution < -0.4 is 10.2 Å². The fourth-order valence-corrected chi connectivity index (χ4v) is 3.56. The van der Waals surface area contributed by atoms with E-state index in [1.807, 2.05) is 24.3 Å². The first-order valence-electron chi connectivity index (χ1n) is 9.76. The lowest BCUT2D eigenvalue weighted by Crippen LogP contribution is -2.37. The fraction of sp³-hybridized carbons (Fsp3) is 0.304. The predicted octanol–water partition coefficient (Wildman–Crippen LogP) is 3.35. The number of morpholine rings is 1. The van der Waals surface area contributed by atoms with E-state index in [4.69, 9.17) is 4.74 Å². The molecule has 0 aliphatic carbocycles. The largest absolute Gasteiger partial charge is 0.378 e. The Balaban J connectivity index is 1.51. The number of carbonyl (C=O) groups excluding carboxylic acids is 1. The van der Waals surface area contributed by atoms with Crippen molar-refractivity contribution in [1.29, 1.82) is 0 Å². The molecule has 3 aromatic rings. The van der Waals surface area contributed by atoms with Crippen molar-refractivity contribution < 1.29 is 9.53 Å². The summed E-state index contributed by atoms with van der Waals surface area (Å²) in [4.78, 5) is 19.7. The molecule has 1 amide bonds. The highest BCUT2D eigenvalue weighted by Crippen LogP contribution is 2.27. The molecule has 1 saturated heterocycles. The summed E-state index contributed by atoms with van der Waals surface area (Å²) in [6.45, 7) is 5.72. The number of hydrogen-bond acceptors (Lipinski definition) is 4. The Morgan fingerprint density at radius 3 is 2.54 bits per heavy atom. The third-order valence-electron chi connectivity index (χ3n) is 5.15. The quantitative estimate of drug-likeness (QED) is 0.743. The molecule has 5 nitrogen and oxygen atoms in total. The first-order chi connectivity index (χ1) is 13.7. The Hall–Kier alpha value is -2.92. The maximum Gasteiger partial charge on any atom is 0.253 e. The van der Waals surface area contributed by atoms with E-state index in [0.717, 1.165) is 36.1 Å². The van der Waals surface area contributed by atoms with E-state index in [0.29, 0.717) is 25.3 Å². The predicted molar refractivity (Wildman–Crippen MR) is 112 cm³/mol. The fourth-order valence-electron chi connectivity index (χ4n) is 3.56. The van der Waals surface area contributed by atoms with E-state index in [2.05, 4.69) is 46.4 Å². The van der Waals surface area contributed by atoms with E-state index >= 15 is 0 Å². The van der Waals surface area contributed by atoms with Gasteiger partial charge in [-0.3, -0.25) is 4.79 Å². The molecule has 4 rings (SSSR count). The van der Waals surface area contributed by atoms with Crippen molar-refractivity contribution in [3.8, 4) is 0 Å². The van der Waals surface area contributed by atoms with Crippen LogP contribution in [-0.4, -0.2) is 43.7 Å². The number of pyridine rings is 1. The number of aryl methyl sites for hydroxylation is 1. The molecule has 2 aromatic carbocycles. The van der Waals surface area contributed by atoms with Crippen LogP contribution in [0, 0.1) is 6.92 Å². The maximum absolute atomic E-state index is 12.8. The number of ether oxygens (including phenoxy) is 1. The van der Waals surface area contributed by atoms with Crippen LogP contribution in [0.4, 0.5) is 5.82 Å². The van der Waals surface area contributed by atoms with Crippen LogP contribution in [0.15, 0.2) is 54.7 Å². The Morgan fingerprint density at radius 2 is 1.79 bits per heavy atom. The second-order valence-corrected chi connectivity index (χ2v) is 7.13. The van der Waals surface area contributed by atoms with Gasteiger partial charge in [0.25, 0.3) is 5.91 Å². The molecule has 0 unspecified atom stereocenters. The van der Waals surface area contributed by atoms with Crippen molar-refractivity contribution >= 4 is 22.5 Å². The molecule has 0 saturated carbocycles. The van der Waals surface area contributed by atoms with Crippen LogP contribution in [0.2, 0.25) is 0 Å². The van der Waals surface area contributed by atoms with Crippen molar-refractivity contribution in [3.63, 3.8) is 0 Å². The first-order valence-corrected chi connectivity index (χ1v) is 9.76. The number of anilines is 1. The molecule has 2 heterocycles. The number of carbonyl (C=O) groups is 1. The van der Waals surface area contributed by atoms with Crippen LogP contribution in [0.5, 0.6) is 0 Å². The monoisotopic (exact) mass is 375 g/mol. The van der Waals surface area contributed by atoms with E-state index in [1.165, 1.54) is 11.1 Å². The first kappa shape index (κ1) is 18.4. The van der Waals surface area contributed by atoms with Crippen LogP contribution in [0.3, 0.4) is 0 Å². The van der Waals surface area contributed by atoms with Crippen LogP contribution in [-0.2, 0) is 11.2 Å². The molecule has 1 N–H and O–H groups in total. The molecule has 1 aliphatic heterocycles. The highest BCUT2D eigenvalue weighted by atomic mass is 16.5. The molecule has 144 valence electrons. The Morgan fingerprint density at radius 1 is 1.07 bits per heavy atom. The van der Waals surface area contributed by atoms with Gasteiger partial charge >= 0.3 is 0 Å². The summed E-state index contributed by atoms with van der Waals surface area (Å²) in [7, 11) is 0. The minimum absolute atomic E-state index is 0.0793. The van der Waals surface area contributed by atoms with Gasteiger partial charge in [0.05, 0.1) is 18.8 Å². The molecule has 28 heavy (non-hydrogen) atoms. The molecule has 1 aliphatic rings. The van der Waals surface area contributed by atoms with Gasteiger partial charge in [0.15, 0.2) is 0 Å². The molecular weight excluding hydrogens is 350 g/mol. The molecular formula is C23H25N3O2. The smallest absolute Gasteiger partial charge is 0.253 e. The van der Waals surface area contributed by atoms with Crippen molar-refractivity contribution in [1.82, 2.24) is 10.3 Å². The zero-order valence-electron chi connectivity index (χ0n) is 16.1. The Kier molecular flexibility index (Phi) is 5.53. The minimum atomic E-state index is -0.0793. The summed E-state index contributed by atoms with van der Waals surface area (Å²) >= 11 is 0. The lowest BCUT2D eigenvalue weighted by Gasteiger charge is -2.29. The molecule has 0 atom stereocenters. The molecule has 5 heteroatoms. The van der Waals surface area contributed by atoms with E-state index in [9.17, 15) is 4.79 Å². The van der Waals surface area contributed by atoms with E-state index in [1.54, 1.807) is 6.20 Å². The van der Waals surface area contributed by atoms with Gasteiger partial charge < -0.3 is 15.0 Å². The standard InChI is InChI=1S/C23H25N3O2/c1-17-6-8-18(9-7-17)10-11-24-23(27)21-16-25-22(26-12-14-28-15-13-26)20-5-3-2-4-19(20)21/h2-9,16H,10-15H2,1H3,(H,24,27). The van der Waals surface area contributed by atoms with Gasteiger partial charge in [-0.05, 0) is 24.3 Å². The van der Waals surface area contributed by atoms with Crippen molar-refractivity contribution in [2.75, 3.05) is 37.7 Å². The number of benzene rings is 2. The summed E-state index contributed by atoms with van der Waals surface area (Å²) < 4.78 is 5.45. The van der Waals surface area contributed by atoms with Gasteiger partial charge in [0.2, 0.25) is 0 Å². The normalized spacial score (nSPS) is 14.2. The summed E-state index contributed by atoms with van der Waals surface area (Å²) in [5.74, 6) is 0.847. The van der Waals surface area contributed by atoms with Crippen molar-refractivity contribution in [2.45, 2.75) is 13.3 Å². The number of rotatable bonds is 5. The number of hydrogen-bond donors (Lipinski definition) is 1. The average Bonchev–Trinajstić information content (AvgIpc) is 2.75. The van der Waals surface area contributed by atoms with Gasteiger partial charge in [0, 0.05) is 31.2 Å². The molecule has 1 aromatic heterocycles. The molecule has 0 bridgehead atoms. The molecule has 0 radical (unpaired) electrons. The van der Waals surface area contributed by atoms with E-state index in [-0.39, 0.29) is 5.91 Å². The van der Waals surface area contributed by atoms with Crippen LogP contribution in [0.1, 0.15) is 21.5 Å². The van der Waals surface area contributed by atoms with Gasteiger partial charge in [-0.25, -0.2) is 4.98 Å². The number of amides is 1. The molecule has 0 spiro atoms. The maximum atomic E-state index is 12.8. The summed E-state index contributed by atoms with van der Waals surface area (Å²) in [6.07, 6.45) is 2.51. The highest BCUT2D eigenvalue weighted by Gasteiger charge is 2.18. The van der Waals surface area contributed by atoms with Gasteiger partial charge in [0.1, 0.15) is 5.82 Å². The summed E-state index contributed by atoms with van der Waals surface area (Å²) in [5.41, 5.74) is 3.08. The van der Waals surface area contributed by atoms with Gasteiger partial charge in [-0.2, -0.15) is 0 Å². The zero-order valence-corrected chi connectivity index (χ0v) is 16.1.